The average Bonchev–Trinajstić information content (AvgIpc) is 2.30. The lowest BCUT2D eigenvalue weighted by Gasteiger charge is -2.42. The predicted molar refractivity (Wildman–Crippen MR) is 75.5 cm³/mol. The second-order valence-electron chi connectivity index (χ2n) is 5.77. The molecule has 0 aromatic rings. The van der Waals surface area contributed by atoms with Gasteiger partial charge in [0.2, 0.25) is 0 Å². The standard InChI is InChI=1S/C14H31N3/c1-6-8-15-12(2)7-9-17-10-13(3)16(5)14(4)11-17/h12-15H,6-11H2,1-5H3. The van der Waals surface area contributed by atoms with Gasteiger partial charge in [-0.1, -0.05) is 6.92 Å². The average molecular weight is 241 g/mol. The lowest BCUT2D eigenvalue weighted by atomic mass is 10.1. The molecule has 0 radical (unpaired) electrons. The lowest BCUT2D eigenvalue weighted by molar-refractivity contribution is 0.0581. The zero-order chi connectivity index (χ0) is 12.8. The molecular formula is C14H31N3. The highest BCUT2D eigenvalue weighted by molar-refractivity contribution is 4.83. The Morgan fingerprint density at radius 2 is 1.82 bits per heavy atom. The maximum atomic E-state index is 3.57. The van der Waals surface area contributed by atoms with Crippen molar-refractivity contribution < 1.29 is 0 Å². The van der Waals surface area contributed by atoms with Gasteiger partial charge in [0, 0.05) is 31.2 Å². The maximum Gasteiger partial charge on any atom is 0.0195 e. The summed E-state index contributed by atoms with van der Waals surface area (Å²) in [6.45, 7) is 14.0. The Balaban J connectivity index is 2.23. The molecule has 1 saturated heterocycles. The second kappa shape index (κ2) is 7.34. The monoisotopic (exact) mass is 241 g/mol. The van der Waals surface area contributed by atoms with E-state index in [4.69, 9.17) is 0 Å². The number of nitrogens with one attached hydrogen (secondary N) is 1. The van der Waals surface area contributed by atoms with E-state index in [0.29, 0.717) is 18.1 Å². The Hall–Kier alpha value is -0.120. The van der Waals surface area contributed by atoms with Gasteiger partial charge in [-0.15, -0.1) is 0 Å². The minimum atomic E-state index is 0.653. The molecule has 0 saturated carbocycles. The van der Waals surface area contributed by atoms with Gasteiger partial charge in [0.05, 0.1) is 0 Å². The molecule has 0 spiro atoms. The molecule has 0 aromatic carbocycles. The van der Waals surface area contributed by atoms with Gasteiger partial charge in [-0.2, -0.15) is 0 Å². The minimum Gasteiger partial charge on any atom is -0.314 e. The SMILES string of the molecule is CCCNC(C)CCN1CC(C)N(C)C(C)C1. The summed E-state index contributed by atoms with van der Waals surface area (Å²) in [5, 5.41) is 3.57. The lowest BCUT2D eigenvalue weighted by Crippen LogP contribution is -2.55. The van der Waals surface area contributed by atoms with Gasteiger partial charge >= 0.3 is 0 Å². The van der Waals surface area contributed by atoms with Crippen molar-refractivity contribution in [3.63, 3.8) is 0 Å². The van der Waals surface area contributed by atoms with E-state index < -0.39 is 0 Å². The number of likely N-dealkylation sites (N-methyl/N-ethyl adjacent to an activating group) is 1. The molecule has 0 aromatic heterocycles. The smallest absolute Gasteiger partial charge is 0.0195 e. The molecule has 3 nitrogen and oxygen atoms in total. The normalized spacial score (nSPS) is 29.5. The third-order valence-corrected chi connectivity index (χ3v) is 4.06. The highest BCUT2D eigenvalue weighted by Gasteiger charge is 2.26. The molecule has 3 heteroatoms. The third-order valence-electron chi connectivity index (χ3n) is 4.06. The molecular weight excluding hydrogens is 210 g/mol. The molecule has 1 fully saturated rings. The van der Waals surface area contributed by atoms with Crippen molar-refractivity contribution in [2.45, 2.75) is 58.7 Å². The van der Waals surface area contributed by atoms with Crippen LogP contribution in [0.5, 0.6) is 0 Å². The maximum absolute atomic E-state index is 3.57. The largest absolute Gasteiger partial charge is 0.314 e. The predicted octanol–water partition coefficient (Wildman–Crippen LogP) is 1.79. The molecule has 17 heavy (non-hydrogen) atoms. The summed E-state index contributed by atoms with van der Waals surface area (Å²) in [6, 6.07) is 2.04. The Morgan fingerprint density at radius 1 is 1.24 bits per heavy atom. The number of rotatable bonds is 6. The fraction of sp³-hybridized carbons (Fsp3) is 1.00. The molecule has 0 aliphatic carbocycles. The quantitative estimate of drug-likeness (QED) is 0.765. The van der Waals surface area contributed by atoms with E-state index >= 15 is 0 Å². The van der Waals surface area contributed by atoms with Crippen molar-refractivity contribution in [1.29, 1.82) is 0 Å². The first-order chi connectivity index (χ1) is 8.04. The van der Waals surface area contributed by atoms with Crippen LogP contribution in [0, 0.1) is 0 Å². The summed E-state index contributed by atoms with van der Waals surface area (Å²) >= 11 is 0. The summed E-state index contributed by atoms with van der Waals surface area (Å²) in [7, 11) is 2.25. The second-order valence-corrected chi connectivity index (χ2v) is 5.77. The van der Waals surface area contributed by atoms with Crippen LogP contribution in [-0.2, 0) is 0 Å². The molecule has 1 N–H and O–H groups in total. The van der Waals surface area contributed by atoms with E-state index in [1.807, 2.05) is 0 Å². The number of piperazine rings is 1. The van der Waals surface area contributed by atoms with Crippen LogP contribution >= 0.6 is 0 Å². The van der Waals surface area contributed by atoms with Gasteiger partial charge in [-0.3, -0.25) is 4.90 Å². The molecule has 0 amide bonds. The summed E-state index contributed by atoms with van der Waals surface area (Å²) < 4.78 is 0. The van der Waals surface area contributed by atoms with Crippen molar-refractivity contribution in [1.82, 2.24) is 15.1 Å². The van der Waals surface area contributed by atoms with Gasteiger partial charge in [-0.25, -0.2) is 0 Å². The van der Waals surface area contributed by atoms with E-state index in [9.17, 15) is 0 Å². The Kier molecular flexibility index (Phi) is 6.45. The van der Waals surface area contributed by atoms with Crippen LogP contribution in [0.4, 0.5) is 0 Å². The van der Waals surface area contributed by atoms with Crippen molar-refractivity contribution >= 4 is 0 Å². The summed E-state index contributed by atoms with van der Waals surface area (Å²) in [4.78, 5) is 5.12. The number of hydrogen-bond donors (Lipinski definition) is 1. The van der Waals surface area contributed by atoms with Crippen molar-refractivity contribution in [2.24, 2.45) is 0 Å². The Morgan fingerprint density at radius 3 is 2.35 bits per heavy atom. The summed E-state index contributed by atoms with van der Waals surface area (Å²) in [5.74, 6) is 0. The third kappa shape index (κ3) is 4.94. The van der Waals surface area contributed by atoms with Gasteiger partial charge in [-0.05, 0) is 53.8 Å². The molecule has 102 valence electrons. The molecule has 3 atom stereocenters. The highest BCUT2D eigenvalue weighted by Crippen LogP contribution is 2.13. The fourth-order valence-electron chi connectivity index (χ4n) is 2.57. The van der Waals surface area contributed by atoms with Gasteiger partial charge in [0.15, 0.2) is 0 Å². The van der Waals surface area contributed by atoms with Gasteiger partial charge in [0.1, 0.15) is 0 Å². The molecule has 1 rings (SSSR count). The van der Waals surface area contributed by atoms with Crippen LogP contribution < -0.4 is 5.32 Å². The minimum absolute atomic E-state index is 0.653. The molecule has 3 unspecified atom stereocenters. The molecule has 0 bridgehead atoms. The van der Waals surface area contributed by atoms with E-state index in [1.165, 1.54) is 32.5 Å². The van der Waals surface area contributed by atoms with Crippen LogP contribution in [0.1, 0.15) is 40.5 Å². The zero-order valence-corrected chi connectivity index (χ0v) is 12.4. The van der Waals surface area contributed by atoms with Crippen molar-refractivity contribution in [3.05, 3.63) is 0 Å². The van der Waals surface area contributed by atoms with Gasteiger partial charge in [0.25, 0.3) is 0 Å². The van der Waals surface area contributed by atoms with E-state index in [0.717, 1.165) is 6.54 Å². The van der Waals surface area contributed by atoms with Crippen LogP contribution in [0.25, 0.3) is 0 Å². The first kappa shape index (κ1) is 14.9. The molecule has 1 aliphatic heterocycles. The van der Waals surface area contributed by atoms with Crippen LogP contribution in [-0.4, -0.2) is 61.2 Å². The molecule has 1 heterocycles. The first-order valence-corrected chi connectivity index (χ1v) is 7.22. The van der Waals surface area contributed by atoms with Crippen molar-refractivity contribution in [2.75, 3.05) is 33.2 Å². The molecule has 1 aliphatic rings. The summed E-state index contributed by atoms with van der Waals surface area (Å²) in [6.07, 6.45) is 2.50. The van der Waals surface area contributed by atoms with Crippen molar-refractivity contribution in [3.8, 4) is 0 Å². The van der Waals surface area contributed by atoms with Crippen LogP contribution in [0.2, 0.25) is 0 Å². The number of nitrogens with zero attached hydrogens (tertiary/aromatic N) is 2. The topological polar surface area (TPSA) is 18.5 Å². The number of hydrogen-bond acceptors (Lipinski definition) is 3. The van der Waals surface area contributed by atoms with Crippen LogP contribution in [0.15, 0.2) is 0 Å². The summed E-state index contributed by atoms with van der Waals surface area (Å²) in [5.41, 5.74) is 0. The van der Waals surface area contributed by atoms with E-state index in [1.54, 1.807) is 0 Å². The fourth-order valence-corrected chi connectivity index (χ4v) is 2.57. The first-order valence-electron chi connectivity index (χ1n) is 7.22. The van der Waals surface area contributed by atoms with E-state index in [2.05, 4.69) is 49.9 Å². The van der Waals surface area contributed by atoms with Crippen LogP contribution in [0.3, 0.4) is 0 Å². The zero-order valence-electron chi connectivity index (χ0n) is 12.4. The Labute approximate surface area is 108 Å². The van der Waals surface area contributed by atoms with Gasteiger partial charge < -0.3 is 10.2 Å². The van der Waals surface area contributed by atoms with E-state index in [-0.39, 0.29) is 0 Å². The highest BCUT2D eigenvalue weighted by atomic mass is 15.3. The Bertz CT molecular complexity index is 196.